The predicted molar refractivity (Wildman–Crippen MR) is 51.0 cm³/mol. The summed E-state index contributed by atoms with van der Waals surface area (Å²) in [7, 11) is 0. The van der Waals surface area contributed by atoms with Crippen molar-refractivity contribution in [3.05, 3.63) is 29.3 Å². The molecule has 0 atom stereocenters. The zero-order valence-corrected chi connectivity index (χ0v) is 8.06. The second-order valence-corrected chi connectivity index (χ2v) is 2.76. The van der Waals surface area contributed by atoms with E-state index in [1.807, 2.05) is 0 Å². The molecular weight excluding hydrogens is 200 g/mol. The first kappa shape index (κ1) is 11.0. The molecule has 0 aliphatic heterocycles. The van der Waals surface area contributed by atoms with Crippen LogP contribution in [0.2, 0.25) is 0 Å². The highest BCUT2D eigenvalue weighted by atomic mass is 16.5. The summed E-state index contributed by atoms with van der Waals surface area (Å²) in [6.45, 7) is 1.83. The predicted octanol–water partition coefficient (Wildman–Crippen LogP) is 1.27. The lowest BCUT2D eigenvalue weighted by Gasteiger charge is -2.04. The quantitative estimate of drug-likeness (QED) is 0.734. The second kappa shape index (κ2) is 4.45. The maximum atomic E-state index is 11.2. The Hall–Kier alpha value is -2.04. The van der Waals surface area contributed by atoms with Gasteiger partial charge < -0.3 is 14.9 Å². The van der Waals surface area contributed by atoms with Gasteiger partial charge in [-0.2, -0.15) is 0 Å². The number of carbonyl (C=O) groups excluding carboxylic acids is 1. The summed E-state index contributed by atoms with van der Waals surface area (Å²) in [5.41, 5.74) is -0.123. The van der Waals surface area contributed by atoms with E-state index >= 15 is 0 Å². The molecule has 5 heteroatoms. The van der Waals surface area contributed by atoms with E-state index < -0.39 is 17.7 Å². The standard InChI is InChI=1S/C10H10O5/c1-2-15-10(14)7-4-3-6(9(12)13)5-8(7)11/h3-5,11H,2H2,1H3,(H,12,13). The van der Waals surface area contributed by atoms with Crippen LogP contribution in [0.4, 0.5) is 0 Å². The molecule has 0 unspecified atom stereocenters. The largest absolute Gasteiger partial charge is 0.507 e. The van der Waals surface area contributed by atoms with Gasteiger partial charge in [-0.3, -0.25) is 0 Å². The molecule has 0 amide bonds. The van der Waals surface area contributed by atoms with Gasteiger partial charge >= 0.3 is 11.9 Å². The molecule has 0 aromatic heterocycles. The number of aromatic carboxylic acids is 1. The van der Waals surface area contributed by atoms with E-state index in [4.69, 9.17) is 5.11 Å². The number of phenolic OH excluding ortho intramolecular Hbond substituents is 1. The molecule has 2 N–H and O–H groups in total. The lowest BCUT2D eigenvalue weighted by atomic mass is 10.1. The Morgan fingerprint density at radius 1 is 1.40 bits per heavy atom. The molecule has 0 aliphatic carbocycles. The second-order valence-electron chi connectivity index (χ2n) is 2.76. The normalized spacial score (nSPS) is 9.67. The van der Waals surface area contributed by atoms with E-state index in [1.54, 1.807) is 6.92 Å². The van der Waals surface area contributed by atoms with E-state index in [0.29, 0.717) is 0 Å². The van der Waals surface area contributed by atoms with Crippen molar-refractivity contribution in [1.82, 2.24) is 0 Å². The Kier molecular flexibility index (Phi) is 3.28. The summed E-state index contributed by atoms with van der Waals surface area (Å²) in [5.74, 6) is -2.24. The fourth-order valence-electron chi connectivity index (χ4n) is 1.05. The van der Waals surface area contributed by atoms with Crippen LogP contribution in [0.25, 0.3) is 0 Å². The van der Waals surface area contributed by atoms with Gasteiger partial charge in [0, 0.05) is 0 Å². The monoisotopic (exact) mass is 210 g/mol. The zero-order chi connectivity index (χ0) is 11.4. The molecule has 0 radical (unpaired) electrons. The molecule has 0 bridgehead atoms. The Morgan fingerprint density at radius 2 is 2.07 bits per heavy atom. The van der Waals surface area contributed by atoms with Crippen LogP contribution >= 0.6 is 0 Å². The van der Waals surface area contributed by atoms with Crippen LogP contribution in [-0.4, -0.2) is 28.8 Å². The van der Waals surface area contributed by atoms with Gasteiger partial charge in [-0.1, -0.05) is 0 Å². The fraction of sp³-hybridized carbons (Fsp3) is 0.200. The van der Waals surface area contributed by atoms with Crippen molar-refractivity contribution >= 4 is 11.9 Å². The molecule has 0 heterocycles. The van der Waals surface area contributed by atoms with Crippen LogP contribution in [-0.2, 0) is 4.74 Å². The molecule has 0 saturated heterocycles. The lowest BCUT2D eigenvalue weighted by molar-refractivity contribution is 0.0521. The molecule has 80 valence electrons. The number of hydrogen-bond acceptors (Lipinski definition) is 4. The van der Waals surface area contributed by atoms with Crippen LogP contribution in [0, 0.1) is 0 Å². The van der Waals surface area contributed by atoms with Gasteiger partial charge in [0.25, 0.3) is 0 Å². The number of aromatic hydroxyl groups is 1. The van der Waals surface area contributed by atoms with E-state index in [-0.39, 0.29) is 17.7 Å². The fourth-order valence-corrected chi connectivity index (χ4v) is 1.05. The van der Waals surface area contributed by atoms with Gasteiger partial charge in [0.05, 0.1) is 12.2 Å². The smallest absolute Gasteiger partial charge is 0.341 e. The van der Waals surface area contributed by atoms with E-state index in [1.165, 1.54) is 12.1 Å². The zero-order valence-electron chi connectivity index (χ0n) is 8.06. The molecule has 0 fully saturated rings. The first-order valence-corrected chi connectivity index (χ1v) is 4.29. The minimum absolute atomic E-state index is 0.0400. The van der Waals surface area contributed by atoms with Gasteiger partial charge in [-0.05, 0) is 25.1 Å². The third-order valence-corrected chi connectivity index (χ3v) is 1.74. The van der Waals surface area contributed by atoms with Gasteiger partial charge in [-0.25, -0.2) is 9.59 Å². The Balaban J connectivity index is 3.03. The average Bonchev–Trinajstić information content (AvgIpc) is 2.17. The van der Waals surface area contributed by atoms with Crippen molar-refractivity contribution < 1.29 is 24.5 Å². The summed E-state index contributed by atoms with van der Waals surface area (Å²) in [4.78, 5) is 21.7. The summed E-state index contributed by atoms with van der Waals surface area (Å²) < 4.78 is 4.66. The lowest BCUT2D eigenvalue weighted by Crippen LogP contribution is -2.06. The van der Waals surface area contributed by atoms with Crippen LogP contribution in [0.3, 0.4) is 0 Å². The maximum Gasteiger partial charge on any atom is 0.341 e. The van der Waals surface area contributed by atoms with Gasteiger partial charge in [0.15, 0.2) is 0 Å². The van der Waals surface area contributed by atoms with Crippen molar-refractivity contribution in [2.24, 2.45) is 0 Å². The van der Waals surface area contributed by atoms with Crippen molar-refractivity contribution in [3.8, 4) is 5.75 Å². The first-order chi connectivity index (χ1) is 7.06. The maximum absolute atomic E-state index is 11.2. The highest BCUT2D eigenvalue weighted by Crippen LogP contribution is 2.19. The first-order valence-electron chi connectivity index (χ1n) is 4.29. The van der Waals surface area contributed by atoms with Crippen molar-refractivity contribution in [3.63, 3.8) is 0 Å². The molecule has 1 rings (SSSR count). The summed E-state index contributed by atoms with van der Waals surface area (Å²) in [5, 5.41) is 18.0. The highest BCUT2D eigenvalue weighted by Gasteiger charge is 2.14. The number of carboxylic acid groups (broad SMARTS) is 1. The summed E-state index contributed by atoms with van der Waals surface area (Å²) >= 11 is 0. The number of phenols is 1. The number of carboxylic acids is 1. The van der Waals surface area contributed by atoms with Crippen LogP contribution in [0.15, 0.2) is 18.2 Å². The number of ether oxygens (including phenoxy) is 1. The molecular formula is C10H10O5. The number of esters is 1. The van der Waals surface area contributed by atoms with E-state index in [2.05, 4.69) is 4.74 Å². The summed E-state index contributed by atoms with van der Waals surface area (Å²) in [6, 6.07) is 3.46. The van der Waals surface area contributed by atoms with Crippen LogP contribution < -0.4 is 0 Å². The number of hydrogen-bond donors (Lipinski definition) is 2. The molecule has 1 aromatic carbocycles. The third kappa shape index (κ3) is 2.46. The highest BCUT2D eigenvalue weighted by molar-refractivity contribution is 5.95. The van der Waals surface area contributed by atoms with E-state index in [0.717, 1.165) is 6.07 Å². The van der Waals surface area contributed by atoms with E-state index in [9.17, 15) is 14.7 Å². The van der Waals surface area contributed by atoms with Gasteiger partial charge in [0.1, 0.15) is 11.3 Å². The minimum atomic E-state index is -1.17. The molecule has 0 spiro atoms. The topological polar surface area (TPSA) is 83.8 Å². The van der Waals surface area contributed by atoms with Crippen LogP contribution in [0.1, 0.15) is 27.6 Å². The van der Waals surface area contributed by atoms with Crippen LogP contribution in [0.5, 0.6) is 5.75 Å². The van der Waals surface area contributed by atoms with Crippen molar-refractivity contribution in [2.45, 2.75) is 6.92 Å². The Labute approximate surface area is 85.9 Å². The average molecular weight is 210 g/mol. The number of benzene rings is 1. The molecule has 15 heavy (non-hydrogen) atoms. The number of carbonyl (C=O) groups is 2. The molecule has 1 aromatic rings. The van der Waals surface area contributed by atoms with Gasteiger partial charge in [-0.15, -0.1) is 0 Å². The SMILES string of the molecule is CCOC(=O)c1ccc(C(=O)O)cc1O. The van der Waals surface area contributed by atoms with Crippen molar-refractivity contribution in [1.29, 1.82) is 0 Å². The Morgan fingerprint density at radius 3 is 2.53 bits per heavy atom. The Bertz CT molecular complexity index is 397. The molecule has 5 nitrogen and oxygen atoms in total. The third-order valence-electron chi connectivity index (χ3n) is 1.74. The molecule has 0 aliphatic rings. The molecule has 0 saturated carbocycles. The number of rotatable bonds is 3. The van der Waals surface area contributed by atoms with Crippen molar-refractivity contribution in [2.75, 3.05) is 6.61 Å². The summed E-state index contributed by atoms with van der Waals surface area (Å²) in [6.07, 6.45) is 0. The minimum Gasteiger partial charge on any atom is -0.507 e. The van der Waals surface area contributed by atoms with Gasteiger partial charge in [0.2, 0.25) is 0 Å².